The molecule has 3 nitrogen and oxygen atoms in total. The molecule has 1 heterocycles. The summed E-state index contributed by atoms with van der Waals surface area (Å²) >= 11 is 3.23. The van der Waals surface area contributed by atoms with E-state index in [0.29, 0.717) is 0 Å². The lowest BCUT2D eigenvalue weighted by atomic mass is 10.1. The number of aromatic nitrogens is 2. The number of hydrogen-bond donors (Lipinski definition) is 1. The molecule has 96 valence electrons. The first-order valence-corrected chi connectivity index (χ1v) is 7.71. The normalized spacial score (nSPS) is 10.6. The quantitative estimate of drug-likeness (QED) is 0.843. The summed E-state index contributed by atoms with van der Waals surface area (Å²) in [5.74, 6) is 0.862. The zero-order valence-electron chi connectivity index (χ0n) is 10.9. The van der Waals surface area contributed by atoms with E-state index < -0.39 is 0 Å². The van der Waals surface area contributed by atoms with Crippen molar-refractivity contribution < 1.29 is 0 Å². The van der Waals surface area contributed by atoms with Crippen LogP contribution in [0.25, 0.3) is 0 Å². The number of hydrogen-bond acceptors (Lipinski definition) is 5. The Labute approximate surface area is 116 Å². The summed E-state index contributed by atoms with van der Waals surface area (Å²) in [6, 6.07) is 6.56. The van der Waals surface area contributed by atoms with Gasteiger partial charge in [-0.25, -0.2) is 0 Å². The van der Waals surface area contributed by atoms with E-state index in [2.05, 4.69) is 53.9 Å². The van der Waals surface area contributed by atoms with Crippen molar-refractivity contribution in [2.45, 2.75) is 31.4 Å². The molecule has 0 saturated carbocycles. The third-order valence-corrected chi connectivity index (χ3v) is 4.48. The lowest BCUT2D eigenvalue weighted by molar-refractivity contribution is 1.07. The summed E-state index contributed by atoms with van der Waals surface area (Å²) in [4.78, 5) is 1.29. The van der Waals surface area contributed by atoms with Crippen molar-refractivity contribution in [1.82, 2.24) is 9.59 Å². The molecule has 0 radical (unpaired) electrons. The van der Waals surface area contributed by atoms with Crippen LogP contribution in [0, 0.1) is 13.8 Å². The highest BCUT2D eigenvalue weighted by Crippen LogP contribution is 2.28. The number of nitrogens with one attached hydrogen (secondary N) is 1. The van der Waals surface area contributed by atoms with Crippen molar-refractivity contribution in [2.24, 2.45) is 0 Å². The van der Waals surface area contributed by atoms with E-state index in [9.17, 15) is 0 Å². The van der Waals surface area contributed by atoms with Gasteiger partial charge in [-0.2, -0.15) is 0 Å². The van der Waals surface area contributed by atoms with Crippen LogP contribution >= 0.6 is 23.3 Å². The van der Waals surface area contributed by atoms with E-state index in [1.165, 1.54) is 27.6 Å². The largest absolute Gasteiger partial charge is 0.374 e. The smallest absolute Gasteiger partial charge is 0.134 e. The molecular formula is C13H17N3S2. The van der Waals surface area contributed by atoms with Gasteiger partial charge in [0, 0.05) is 28.7 Å². The van der Waals surface area contributed by atoms with Crippen LogP contribution in [0.1, 0.15) is 23.7 Å². The van der Waals surface area contributed by atoms with Gasteiger partial charge in [-0.05, 0) is 44.0 Å². The SMILES string of the molecule is CCNc1snnc1CSc1ccc(C)c(C)c1. The highest BCUT2D eigenvalue weighted by molar-refractivity contribution is 7.98. The van der Waals surface area contributed by atoms with Gasteiger partial charge in [0.15, 0.2) is 0 Å². The third kappa shape index (κ3) is 3.23. The van der Waals surface area contributed by atoms with Crippen molar-refractivity contribution in [3.63, 3.8) is 0 Å². The fourth-order valence-corrected chi connectivity index (χ4v) is 3.22. The Morgan fingerprint density at radius 3 is 2.83 bits per heavy atom. The lowest BCUT2D eigenvalue weighted by Crippen LogP contribution is -1.97. The van der Waals surface area contributed by atoms with E-state index in [1.54, 1.807) is 11.8 Å². The van der Waals surface area contributed by atoms with Gasteiger partial charge >= 0.3 is 0 Å². The number of nitrogens with zero attached hydrogens (tertiary/aromatic N) is 2. The summed E-state index contributed by atoms with van der Waals surface area (Å²) in [6.45, 7) is 7.27. The molecule has 2 rings (SSSR count). The van der Waals surface area contributed by atoms with Crippen LogP contribution in [-0.4, -0.2) is 16.1 Å². The summed E-state index contributed by atoms with van der Waals surface area (Å²) in [6.07, 6.45) is 0. The molecule has 18 heavy (non-hydrogen) atoms. The van der Waals surface area contributed by atoms with Gasteiger partial charge in [0.05, 0.1) is 0 Å². The first-order valence-electron chi connectivity index (χ1n) is 5.96. The zero-order valence-corrected chi connectivity index (χ0v) is 12.5. The molecular weight excluding hydrogens is 262 g/mol. The third-order valence-electron chi connectivity index (χ3n) is 2.75. The van der Waals surface area contributed by atoms with Crippen molar-refractivity contribution in [3.8, 4) is 0 Å². The molecule has 0 atom stereocenters. The second-order valence-electron chi connectivity index (χ2n) is 4.11. The number of benzene rings is 1. The second-order valence-corrected chi connectivity index (χ2v) is 5.92. The maximum Gasteiger partial charge on any atom is 0.134 e. The van der Waals surface area contributed by atoms with Crippen LogP contribution < -0.4 is 5.32 Å². The van der Waals surface area contributed by atoms with E-state index >= 15 is 0 Å². The second kappa shape index (κ2) is 6.20. The highest BCUT2D eigenvalue weighted by atomic mass is 32.2. The van der Waals surface area contributed by atoms with Gasteiger partial charge in [0.2, 0.25) is 0 Å². The highest BCUT2D eigenvalue weighted by Gasteiger charge is 2.07. The van der Waals surface area contributed by atoms with Crippen LogP contribution in [0.2, 0.25) is 0 Å². The van der Waals surface area contributed by atoms with Crippen molar-refractivity contribution in [1.29, 1.82) is 0 Å². The zero-order chi connectivity index (χ0) is 13.0. The topological polar surface area (TPSA) is 37.8 Å². The van der Waals surface area contributed by atoms with Gasteiger partial charge < -0.3 is 5.32 Å². The number of rotatable bonds is 5. The van der Waals surface area contributed by atoms with Gasteiger partial charge in [-0.1, -0.05) is 10.6 Å². The average molecular weight is 279 g/mol. The van der Waals surface area contributed by atoms with E-state index in [0.717, 1.165) is 23.0 Å². The van der Waals surface area contributed by atoms with Gasteiger partial charge in [-0.15, -0.1) is 16.9 Å². The van der Waals surface area contributed by atoms with Crippen LogP contribution in [0.15, 0.2) is 23.1 Å². The first kappa shape index (κ1) is 13.4. The Bertz CT molecular complexity index is 523. The molecule has 1 N–H and O–H groups in total. The molecule has 0 aliphatic heterocycles. The molecule has 0 spiro atoms. The van der Waals surface area contributed by atoms with E-state index in [4.69, 9.17) is 0 Å². The Hall–Kier alpha value is -1.07. The number of anilines is 1. The number of thioether (sulfide) groups is 1. The van der Waals surface area contributed by atoms with Gasteiger partial charge in [0.25, 0.3) is 0 Å². The monoisotopic (exact) mass is 279 g/mol. The van der Waals surface area contributed by atoms with Crippen molar-refractivity contribution in [2.75, 3.05) is 11.9 Å². The molecule has 0 amide bonds. The molecule has 0 aliphatic rings. The molecule has 2 aromatic rings. The summed E-state index contributed by atoms with van der Waals surface area (Å²) in [5.41, 5.74) is 3.72. The van der Waals surface area contributed by atoms with Crippen molar-refractivity contribution >= 4 is 28.3 Å². The molecule has 0 saturated heterocycles. The molecule has 5 heteroatoms. The average Bonchev–Trinajstić information content (AvgIpc) is 2.79. The van der Waals surface area contributed by atoms with Gasteiger partial charge in [0.1, 0.15) is 10.7 Å². The first-order chi connectivity index (χ1) is 8.70. The predicted molar refractivity (Wildman–Crippen MR) is 79.5 cm³/mol. The molecule has 0 aliphatic carbocycles. The minimum atomic E-state index is 0.862. The van der Waals surface area contributed by atoms with Crippen LogP contribution in [0.3, 0.4) is 0 Å². The van der Waals surface area contributed by atoms with Crippen LogP contribution in [-0.2, 0) is 5.75 Å². The van der Waals surface area contributed by atoms with E-state index in [1.807, 2.05) is 0 Å². The standard InChI is InChI=1S/C13H17N3S2/c1-4-14-13-12(15-16-18-13)8-17-11-6-5-9(2)10(3)7-11/h5-7,14H,4,8H2,1-3H3. The Morgan fingerprint density at radius 2 is 2.11 bits per heavy atom. The minimum absolute atomic E-state index is 0.862. The predicted octanol–water partition coefficient (Wildman–Crippen LogP) is 3.88. The molecule has 0 fully saturated rings. The molecule has 0 bridgehead atoms. The maximum absolute atomic E-state index is 4.18. The summed E-state index contributed by atoms with van der Waals surface area (Å²) < 4.78 is 4.00. The Balaban J connectivity index is 2.02. The van der Waals surface area contributed by atoms with Crippen molar-refractivity contribution in [3.05, 3.63) is 35.0 Å². The fourth-order valence-electron chi connectivity index (χ4n) is 1.55. The Kier molecular flexibility index (Phi) is 4.60. The number of aryl methyl sites for hydroxylation is 2. The van der Waals surface area contributed by atoms with E-state index in [-0.39, 0.29) is 0 Å². The lowest BCUT2D eigenvalue weighted by Gasteiger charge is -2.05. The van der Waals surface area contributed by atoms with Gasteiger partial charge in [-0.3, -0.25) is 0 Å². The minimum Gasteiger partial charge on any atom is -0.374 e. The molecule has 1 aromatic heterocycles. The summed E-state index contributed by atoms with van der Waals surface area (Å²) in [7, 11) is 0. The molecule has 0 unspecified atom stereocenters. The Morgan fingerprint density at radius 1 is 1.28 bits per heavy atom. The molecule has 1 aromatic carbocycles. The van der Waals surface area contributed by atoms with Crippen LogP contribution in [0.5, 0.6) is 0 Å². The fraction of sp³-hybridized carbons (Fsp3) is 0.385. The summed E-state index contributed by atoms with van der Waals surface area (Å²) in [5, 5.41) is 8.56. The maximum atomic E-state index is 4.18. The van der Waals surface area contributed by atoms with Crippen LogP contribution in [0.4, 0.5) is 5.00 Å².